The van der Waals surface area contributed by atoms with E-state index < -0.39 is 0 Å². The van der Waals surface area contributed by atoms with Crippen LogP contribution in [0.4, 0.5) is 0 Å². The molecule has 0 saturated heterocycles. The summed E-state index contributed by atoms with van der Waals surface area (Å²) in [5.41, 5.74) is 0.185. The molecule has 4 nitrogen and oxygen atoms in total. The summed E-state index contributed by atoms with van der Waals surface area (Å²) in [6, 6.07) is 4.75. The molecule has 0 spiro atoms. The summed E-state index contributed by atoms with van der Waals surface area (Å²) < 4.78 is 0. The Labute approximate surface area is 67.5 Å². The second-order valence-corrected chi connectivity index (χ2v) is 2.43. The van der Waals surface area contributed by atoms with Crippen molar-refractivity contribution >= 4 is 10.9 Å². The third kappa shape index (κ3) is 0.852. The highest BCUT2D eigenvalue weighted by Crippen LogP contribution is 2.17. The van der Waals surface area contributed by atoms with Crippen LogP contribution in [-0.2, 0) is 0 Å². The number of benzene rings is 1. The maximum Gasteiger partial charge on any atom is 0.208 e. The van der Waals surface area contributed by atoms with Gasteiger partial charge in [0, 0.05) is 0 Å². The number of aromatic hydroxyl groups is 1. The predicted molar refractivity (Wildman–Crippen MR) is 44.0 cm³/mol. The van der Waals surface area contributed by atoms with Crippen LogP contribution in [0.3, 0.4) is 0 Å². The molecule has 0 aliphatic carbocycles. The smallest absolute Gasteiger partial charge is 0.208 e. The molecule has 12 heavy (non-hydrogen) atoms. The number of para-hydroxylation sites is 1. The SMILES string of the molecule is O=c1cn[nH]c2c(O)cccc12. The summed E-state index contributed by atoms with van der Waals surface area (Å²) in [4.78, 5) is 11.1. The summed E-state index contributed by atoms with van der Waals surface area (Å²) in [7, 11) is 0. The molecule has 0 unspecified atom stereocenters. The largest absolute Gasteiger partial charge is 0.506 e. The maximum absolute atomic E-state index is 11.1. The van der Waals surface area contributed by atoms with E-state index in [1.807, 2.05) is 0 Å². The van der Waals surface area contributed by atoms with E-state index >= 15 is 0 Å². The second kappa shape index (κ2) is 2.34. The highest BCUT2D eigenvalue weighted by Gasteiger charge is 2.00. The third-order valence-corrected chi connectivity index (χ3v) is 1.67. The van der Waals surface area contributed by atoms with E-state index in [0.717, 1.165) is 0 Å². The van der Waals surface area contributed by atoms with Gasteiger partial charge in [-0.2, -0.15) is 5.10 Å². The van der Waals surface area contributed by atoms with Crippen LogP contribution >= 0.6 is 0 Å². The Kier molecular flexibility index (Phi) is 1.33. The summed E-state index contributed by atoms with van der Waals surface area (Å²) in [5, 5.41) is 15.9. The number of hydrogen-bond acceptors (Lipinski definition) is 3. The van der Waals surface area contributed by atoms with Gasteiger partial charge in [0.1, 0.15) is 11.3 Å². The van der Waals surface area contributed by atoms with Gasteiger partial charge in [-0.05, 0) is 12.1 Å². The molecule has 0 aliphatic rings. The zero-order chi connectivity index (χ0) is 8.55. The monoisotopic (exact) mass is 162 g/mol. The molecule has 60 valence electrons. The zero-order valence-electron chi connectivity index (χ0n) is 6.11. The Balaban J connectivity index is 3.05. The molecule has 0 amide bonds. The number of rotatable bonds is 0. The average molecular weight is 162 g/mol. The normalized spacial score (nSPS) is 10.3. The third-order valence-electron chi connectivity index (χ3n) is 1.67. The standard InChI is InChI=1S/C8H6N2O2/c11-6-3-1-2-5-7(12)4-9-10-8(5)6/h1-4,11H,(H,10,12). The van der Waals surface area contributed by atoms with Gasteiger partial charge in [-0.25, -0.2) is 0 Å². The van der Waals surface area contributed by atoms with Gasteiger partial charge in [-0.3, -0.25) is 9.89 Å². The molecule has 0 fully saturated rings. The van der Waals surface area contributed by atoms with Crippen molar-refractivity contribution in [3.8, 4) is 5.75 Å². The first kappa shape index (κ1) is 6.84. The van der Waals surface area contributed by atoms with Crippen LogP contribution in [0, 0.1) is 0 Å². The summed E-state index contributed by atoms with van der Waals surface area (Å²) in [6.07, 6.45) is 1.18. The zero-order valence-corrected chi connectivity index (χ0v) is 6.11. The topological polar surface area (TPSA) is 66.0 Å². The van der Waals surface area contributed by atoms with Gasteiger partial charge in [-0.1, -0.05) is 6.07 Å². The number of hydrogen-bond donors (Lipinski definition) is 2. The maximum atomic E-state index is 11.1. The minimum Gasteiger partial charge on any atom is -0.506 e. The minimum absolute atomic E-state index is 0.0395. The van der Waals surface area contributed by atoms with Crippen molar-refractivity contribution in [3.63, 3.8) is 0 Å². The van der Waals surface area contributed by atoms with Gasteiger partial charge in [-0.15, -0.1) is 0 Å². The highest BCUT2D eigenvalue weighted by atomic mass is 16.3. The fourth-order valence-electron chi connectivity index (χ4n) is 1.09. The van der Waals surface area contributed by atoms with E-state index in [1.165, 1.54) is 12.3 Å². The number of aromatic nitrogens is 2. The van der Waals surface area contributed by atoms with Crippen LogP contribution < -0.4 is 5.43 Å². The Morgan fingerprint density at radius 1 is 1.42 bits per heavy atom. The van der Waals surface area contributed by atoms with Gasteiger partial charge in [0.15, 0.2) is 0 Å². The lowest BCUT2D eigenvalue weighted by Gasteiger charge is -1.96. The van der Waals surface area contributed by atoms with Crippen LogP contribution in [0.25, 0.3) is 10.9 Å². The van der Waals surface area contributed by atoms with Gasteiger partial charge in [0.25, 0.3) is 0 Å². The van der Waals surface area contributed by atoms with Crippen molar-refractivity contribution in [2.45, 2.75) is 0 Å². The molecule has 2 N–H and O–H groups in total. The number of H-pyrrole nitrogens is 1. The van der Waals surface area contributed by atoms with Gasteiger partial charge in [0.05, 0.1) is 11.6 Å². The summed E-state index contributed by atoms with van der Waals surface area (Å²) in [6.45, 7) is 0. The molecule has 2 rings (SSSR count). The number of nitrogens with zero attached hydrogens (tertiary/aromatic N) is 1. The number of aromatic amines is 1. The van der Waals surface area contributed by atoms with Crippen molar-refractivity contribution in [1.82, 2.24) is 10.2 Å². The van der Waals surface area contributed by atoms with E-state index in [0.29, 0.717) is 10.9 Å². The first-order chi connectivity index (χ1) is 5.79. The number of phenolic OH excluding ortho intramolecular Hbond substituents is 1. The van der Waals surface area contributed by atoms with Crippen molar-refractivity contribution in [1.29, 1.82) is 0 Å². The van der Waals surface area contributed by atoms with Crippen LogP contribution in [0.15, 0.2) is 29.2 Å². The van der Waals surface area contributed by atoms with E-state index in [1.54, 1.807) is 12.1 Å². The van der Waals surface area contributed by atoms with E-state index in [9.17, 15) is 9.90 Å². The van der Waals surface area contributed by atoms with Crippen molar-refractivity contribution in [2.75, 3.05) is 0 Å². The molecule has 0 radical (unpaired) electrons. The van der Waals surface area contributed by atoms with Gasteiger partial charge < -0.3 is 5.11 Å². The van der Waals surface area contributed by atoms with E-state index in [2.05, 4.69) is 10.2 Å². The average Bonchev–Trinajstić information content (AvgIpc) is 2.07. The van der Waals surface area contributed by atoms with Crippen molar-refractivity contribution < 1.29 is 5.11 Å². The minimum atomic E-state index is -0.195. The molecule has 1 heterocycles. The molecule has 0 atom stereocenters. The lowest BCUT2D eigenvalue weighted by atomic mass is 10.2. The predicted octanol–water partition coefficient (Wildman–Crippen LogP) is 0.629. The molecule has 0 bridgehead atoms. The summed E-state index contributed by atoms with van der Waals surface area (Å²) in [5.74, 6) is 0.0395. The number of phenols is 1. The molecule has 2 aromatic rings. The van der Waals surface area contributed by atoms with Crippen molar-refractivity contribution in [3.05, 3.63) is 34.6 Å². The Morgan fingerprint density at radius 3 is 3.00 bits per heavy atom. The van der Waals surface area contributed by atoms with Crippen molar-refractivity contribution in [2.24, 2.45) is 0 Å². The Bertz CT molecular complexity index is 476. The fourth-order valence-corrected chi connectivity index (χ4v) is 1.09. The van der Waals surface area contributed by atoms with Crippen LogP contribution in [-0.4, -0.2) is 15.3 Å². The van der Waals surface area contributed by atoms with Crippen LogP contribution in [0.2, 0.25) is 0 Å². The molecular formula is C8H6N2O2. The molecule has 0 aliphatic heterocycles. The molecule has 4 heteroatoms. The number of nitrogens with one attached hydrogen (secondary N) is 1. The van der Waals surface area contributed by atoms with Crippen LogP contribution in [0.5, 0.6) is 5.75 Å². The molecule has 0 saturated carbocycles. The fraction of sp³-hybridized carbons (Fsp3) is 0. The lowest BCUT2D eigenvalue weighted by Crippen LogP contribution is -2.02. The second-order valence-electron chi connectivity index (χ2n) is 2.43. The molecule has 1 aromatic heterocycles. The Hall–Kier alpha value is -1.84. The molecule has 1 aromatic carbocycles. The quantitative estimate of drug-likeness (QED) is 0.597. The van der Waals surface area contributed by atoms with E-state index in [4.69, 9.17) is 0 Å². The highest BCUT2D eigenvalue weighted by molar-refractivity contribution is 5.82. The molecular weight excluding hydrogens is 156 g/mol. The lowest BCUT2D eigenvalue weighted by molar-refractivity contribution is 0.480. The van der Waals surface area contributed by atoms with Crippen LogP contribution in [0.1, 0.15) is 0 Å². The number of fused-ring (bicyclic) bond motifs is 1. The van der Waals surface area contributed by atoms with E-state index in [-0.39, 0.29) is 11.2 Å². The summed E-state index contributed by atoms with van der Waals surface area (Å²) >= 11 is 0. The Morgan fingerprint density at radius 2 is 2.25 bits per heavy atom. The first-order valence-electron chi connectivity index (χ1n) is 3.44. The first-order valence-corrected chi connectivity index (χ1v) is 3.44. The van der Waals surface area contributed by atoms with Gasteiger partial charge >= 0.3 is 0 Å². The van der Waals surface area contributed by atoms with Gasteiger partial charge in [0.2, 0.25) is 5.43 Å².